The van der Waals surface area contributed by atoms with Gasteiger partial charge in [-0.15, -0.1) is 0 Å². The SMILES string of the molecule is CC(C)CC(=O)OC1CCCCCC1. The van der Waals surface area contributed by atoms with E-state index in [9.17, 15) is 4.79 Å². The van der Waals surface area contributed by atoms with E-state index in [1.807, 2.05) is 13.8 Å². The van der Waals surface area contributed by atoms with Crippen LogP contribution in [-0.4, -0.2) is 12.1 Å². The van der Waals surface area contributed by atoms with Crippen molar-refractivity contribution in [2.24, 2.45) is 5.92 Å². The minimum absolute atomic E-state index is 0.00750. The Morgan fingerprint density at radius 1 is 1.21 bits per heavy atom. The van der Waals surface area contributed by atoms with Gasteiger partial charge in [0.2, 0.25) is 0 Å². The van der Waals surface area contributed by atoms with Crippen LogP contribution in [-0.2, 0) is 9.53 Å². The number of carbonyl (C=O) groups is 1. The largest absolute Gasteiger partial charge is 0.462 e. The lowest BCUT2D eigenvalue weighted by atomic mass is 10.1. The van der Waals surface area contributed by atoms with Gasteiger partial charge in [-0.3, -0.25) is 4.79 Å². The van der Waals surface area contributed by atoms with E-state index in [1.54, 1.807) is 0 Å². The number of esters is 1. The molecule has 0 bridgehead atoms. The molecular weight excluding hydrogens is 176 g/mol. The third kappa shape index (κ3) is 4.64. The summed E-state index contributed by atoms with van der Waals surface area (Å²) in [6.45, 7) is 4.10. The van der Waals surface area contributed by atoms with E-state index in [4.69, 9.17) is 4.74 Å². The van der Waals surface area contributed by atoms with Crippen LogP contribution in [0.2, 0.25) is 0 Å². The quantitative estimate of drug-likeness (QED) is 0.514. The lowest BCUT2D eigenvalue weighted by Crippen LogP contribution is -2.18. The Hall–Kier alpha value is -0.530. The van der Waals surface area contributed by atoms with Gasteiger partial charge < -0.3 is 4.74 Å². The summed E-state index contributed by atoms with van der Waals surface area (Å²) in [5.74, 6) is 0.403. The van der Waals surface area contributed by atoms with Gasteiger partial charge in [-0.2, -0.15) is 0 Å². The molecule has 82 valence electrons. The summed E-state index contributed by atoms with van der Waals surface area (Å²) >= 11 is 0. The first kappa shape index (κ1) is 11.5. The summed E-state index contributed by atoms with van der Waals surface area (Å²) in [5, 5.41) is 0. The van der Waals surface area contributed by atoms with E-state index in [1.165, 1.54) is 25.7 Å². The summed E-state index contributed by atoms with van der Waals surface area (Å²) in [6.07, 6.45) is 7.98. The molecule has 2 nitrogen and oxygen atoms in total. The van der Waals surface area contributed by atoms with Crippen LogP contribution in [0.1, 0.15) is 58.8 Å². The van der Waals surface area contributed by atoms with Crippen molar-refractivity contribution in [3.8, 4) is 0 Å². The molecule has 1 aliphatic carbocycles. The second-order valence-corrected chi connectivity index (χ2v) is 4.70. The first-order chi connectivity index (χ1) is 6.68. The summed E-state index contributed by atoms with van der Waals surface area (Å²) < 4.78 is 5.44. The van der Waals surface area contributed by atoms with Gasteiger partial charge in [0.05, 0.1) is 0 Å². The molecule has 0 heterocycles. The minimum atomic E-state index is -0.00750. The highest BCUT2D eigenvalue weighted by molar-refractivity contribution is 5.69. The predicted octanol–water partition coefficient (Wildman–Crippen LogP) is 3.30. The van der Waals surface area contributed by atoms with Crippen LogP contribution >= 0.6 is 0 Å². The van der Waals surface area contributed by atoms with Crippen LogP contribution in [0.25, 0.3) is 0 Å². The average molecular weight is 198 g/mol. The Morgan fingerprint density at radius 2 is 1.79 bits per heavy atom. The second-order valence-electron chi connectivity index (χ2n) is 4.70. The number of hydrogen-bond acceptors (Lipinski definition) is 2. The van der Waals surface area contributed by atoms with E-state index in [0.717, 1.165) is 12.8 Å². The number of ether oxygens (including phenoxy) is 1. The standard InChI is InChI=1S/C12H22O2/c1-10(2)9-12(13)14-11-7-5-3-4-6-8-11/h10-11H,3-9H2,1-2H3. The van der Waals surface area contributed by atoms with E-state index < -0.39 is 0 Å². The fraction of sp³-hybridized carbons (Fsp3) is 0.917. The molecule has 2 heteroatoms. The summed E-state index contributed by atoms with van der Waals surface area (Å²) in [4.78, 5) is 11.4. The highest BCUT2D eigenvalue weighted by Crippen LogP contribution is 2.20. The lowest BCUT2D eigenvalue weighted by Gasteiger charge is -2.16. The van der Waals surface area contributed by atoms with E-state index >= 15 is 0 Å². The zero-order valence-electron chi connectivity index (χ0n) is 9.42. The van der Waals surface area contributed by atoms with Crippen molar-refractivity contribution < 1.29 is 9.53 Å². The first-order valence-corrected chi connectivity index (χ1v) is 5.88. The molecule has 1 fully saturated rings. The number of hydrogen-bond donors (Lipinski definition) is 0. The van der Waals surface area contributed by atoms with E-state index in [0.29, 0.717) is 12.3 Å². The maximum atomic E-state index is 11.4. The molecule has 0 aliphatic heterocycles. The molecule has 0 N–H and O–H groups in total. The number of carbonyl (C=O) groups excluding carboxylic acids is 1. The third-order valence-electron chi connectivity index (χ3n) is 2.68. The molecule has 0 radical (unpaired) electrons. The summed E-state index contributed by atoms with van der Waals surface area (Å²) in [7, 11) is 0. The fourth-order valence-corrected chi connectivity index (χ4v) is 1.93. The lowest BCUT2D eigenvalue weighted by molar-refractivity contribution is -0.150. The molecule has 0 spiro atoms. The van der Waals surface area contributed by atoms with Crippen LogP contribution in [0.5, 0.6) is 0 Å². The van der Waals surface area contributed by atoms with Crippen molar-refractivity contribution in [1.29, 1.82) is 0 Å². The van der Waals surface area contributed by atoms with E-state index in [-0.39, 0.29) is 12.1 Å². The molecule has 0 aromatic heterocycles. The molecule has 0 saturated heterocycles. The molecule has 0 unspecified atom stereocenters. The average Bonchev–Trinajstić information content (AvgIpc) is 2.31. The zero-order chi connectivity index (χ0) is 10.4. The summed E-state index contributed by atoms with van der Waals surface area (Å²) in [5.41, 5.74) is 0. The van der Waals surface area contributed by atoms with Crippen LogP contribution in [0.4, 0.5) is 0 Å². The predicted molar refractivity (Wildman–Crippen MR) is 57.0 cm³/mol. The van der Waals surface area contributed by atoms with Gasteiger partial charge >= 0.3 is 5.97 Å². The van der Waals surface area contributed by atoms with Gasteiger partial charge in [0.25, 0.3) is 0 Å². The van der Waals surface area contributed by atoms with Crippen LogP contribution in [0.15, 0.2) is 0 Å². The second kappa shape index (κ2) is 6.05. The van der Waals surface area contributed by atoms with Crippen molar-refractivity contribution in [1.82, 2.24) is 0 Å². The van der Waals surface area contributed by atoms with E-state index in [2.05, 4.69) is 0 Å². The molecule has 1 aliphatic rings. The topological polar surface area (TPSA) is 26.3 Å². The molecule has 14 heavy (non-hydrogen) atoms. The summed E-state index contributed by atoms with van der Waals surface area (Å²) in [6, 6.07) is 0. The van der Waals surface area contributed by atoms with Crippen molar-refractivity contribution in [2.45, 2.75) is 64.9 Å². The maximum absolute atomic E-state index is 11.4. The zero-order valence-corrected chi connectivity index (χ0v) is 9.42. The minimum Gasteiger partial charge on any atom is -0.462 e. The molecule has 0 atom stereocenters. The van der Waals surface area contributed by atoms with Crippen LogP contribution in [0, 0.1) is 5.92 Å². The Bertz CT molecular complexity index is 167. The number of rotatable bonds is 3. The normalized spacial score (nSPS) is 19.4. The monoisotopic (exact) mass is 198 g/mol. The van der Waals surface area contributed by atoms with Crippen molar-refractivity contribution in [3.05, 3.63) is 0 Å². The van der Waals surface area contributed by atoms with Gasteiger partial charge in [0.1, 0.15) is 6.10 Å². The Morgan fingerprint density at radius 3 is 2.29 bits per heavy atom. The van der Waals surface area contributed by atoms with Crippen LogP contribution < -0.4 is 0 Å². The van der Waals surface area contributed by atoms with Crippen LogP contribution in [0.3, 0.4) is 0 Å². The third-order valence-corrected chi connectivity index (χ3v) is 2.68. The van der Waals surface area contributed by atoms with Gasteiger partial charge in [0.15, 0.2) is 0 Å². The van der Waals surface area contributed by atoms with Gasteiger partial charge in [-0.25, -0.2) is 0 Å². The molecule has 1 saturated carbocycles. The molecule has 0 aromatic rings. The van der Waals surface area contributed by atoms with Crippen molar-refractivity contribution in [2.75, 3.05) is 0 Å². The smallest absolute Gasteiger partial charge is 0.306 e. The Kier molecular flexibility index (Phi) is 4.99. The van der Waals surface area contributed by atoms with Gasteiger partial charge in [-0.05, 0) is 31.6 Å². The van der Waals surface area contributed by atoms with Gasteiger partial charge in [0, 0.05) is 6.42 Å². The Balaban J connectivity index is 2.23. The maximum Gasteiger partial charge on any atom is 0.306 e. The van der Waals surface area contributed by atoms with Gasteiger partial charge in [-0.1, -0.05) is 26.7 Å². The Labute approximate surface area is 87.0 Å². The first-order valence-electron chi connectivity index (χ1n) is 5.88. The molecule has 0 aromatic carbocycles. The molecule has 1 rings (SSSR count). The molecular formula is C12H22O2. The highest BCUT2D eigenvalue weighted by atomic mass is 16.5. The highest BCUT2D eigenvalue weighted by Gasteiger charge is 2.16. The molecule has 0 amide bonds. The van der Waals surface area contributed by atoms with Crippen molar-refractivity contribution in [3.63, 3.8) is 0 Å². The fourth-order valence-electron chi connectivity index (χ4n) is 1.93. The van der Waals surface area contributed by atoms with Crippen molar-refractivity contribution >= 4 is 5.97 Å².